The Labute approximate surface area is 100 Å². The first-order chi connectivity index (χ1) is 8.22. The average Bonchev–Trinajstić information content (AvgIpc) is 2.63. The molecule has 0 aromatic heterocycles. The van der Waals surface area contributed by atoms with E-state index in [2.05, 4.69) is 0 Å². The molecule has 0 radical (unpaired) electrons. The zero-order valence-corrected chi connectivity index (χ0v) is 9.63. The maximum absolute atomic E-state index is 13.7. The Morgan fingerprint density at radius 3 is 2.65 bits per heavy atom. The van der Waals surface area contributed by atoms with Gasteiger partial charge in [0.25, 0.3) is 0 Å². The lowest BCUT2D eigenvalue weighted by atomic mass is 10.1. The van der Waals surface area contributed by atoms with E-state index in [1.807, 2.05) is 30.3 Å². The second kappa shape index (κ2) is 5.58. The summed E-state index contributed by atoms with van der Waals surface area (Å²) in [5, 5.41) is 9.06. The smallest absolute Gasteiger partial charge is 0.128 e. The number of halogens is 1. The lowest BCUT2D eigenvalue weighted by Gasteiger charge is -2.20. The summed E-state index contributed by atoms with van der Waals surface area (Å²) in [6.07, 6.45) is -1.39. The van der Waals surface area contributed by atoms with Crippen LogP contribution in [-0.2, 0) is 11.3 Å². The highest BCUT2D eigenvalue weighted by atomic mass is 19.1. The van der Waals surface area contributed by atoms with Crippen LogP contribution < -0.4 is 5.73 Å². The number of benzene rings is 1. The van der Waals surface area contributed by atoms with Crippen molar-refractivity contribution in [2.24, 2.45) is 11.7 Å². The van der Waals surface area contributed by atoms with E-state index in [1.54, 1.807) is 0 Å². The number of alkyl halides is 1. The summed E-state index contributed by atoms with van der Waals surface area (Å²) in [6.45, 7) is 0.282. The second-order valence-electron chi connectivity index (χ2n) is 4.53. The molecule has 1 aliphatic carbocycles. The zero-order valence-electron chi connectivity index (χ0n) is 9.63. The van der Waals surface area contributed by atoms with Crippen LogP contribution in [0, 0.1) is 5.92 Å². The van der Waals surface area contributed by atoms with Gasteiger partial charge in [-0.3, -0.25) is 0 Å². The molecule has 3 N–H and O–H groups in total. The number of hydrogen-bond donors (Lipinski definition) is 2. The predicted octanol–water partition coefficient (Wildman–Crippen LogP) is 1.25. The van der Waals surface area contributed by atoms with Crippen LogP contribution in [-0.4, -0.2) is 30.0 Å². The van der Waals surface area contributed by atoms with Crippen LogP contribution in [0.25, 0.3) is 0 Å². The first-order valence-electron chi connectivity index (χ1n) is 5.88. The number of rotatable bonds is 4. The average molecular weight is 239 g/mol. The molecule has 1 fully saturated rings. The summed E-state index contributed by atoms with van der Waals surface area (Å²) in [4.78, 5) is 0. The van der Waals surface area contributed by atoms with Gasteiger partial charge in [0.2, 0.25) is 0 Å². The first kappa shape index (κ1) is 12.5. The summed E-state index contributed by atoms with van der Waals surface area (Å²) in [5.74, 6) is -0.189. The van der Waals surface area contributed by atoms with E-state index >= 15 is 0 Å². The van der Waals surface area contributed by atoms with E-state index in [9.17, 15) is 4.39 Å². The van der Waals surface area contributed by atoms with Crippen molar-refractivity contribution in [1.29, 1.82) is 0 Å². The van der Waals surface area contributed by atoms with E-state index in [1.165, 1.54) is 0 Å². The van der Waals surface area contributed by atoms with Crippen LogP contribution in [0.4, 0.5) is 4.39 Å². The lowest BCUT2D eigenvalue weighted by Crippen LogP contribution is -2.40. The minimum atomic E-state index is -1.08. The molecule has 17 heavy (non-hydrogen) atoms. The molecule has 0 unspecified atom stereocenters. The van der Waals surface area contributed by atoms with Crippen molar-refractivity contribution < 1.29 is 14.2 Å². The highest BCUT2D eigenvalue weighted by molar-refractivity contribution is 5.13. The van der Waals surface area contributed by atoms with Gasteiger partial charge >= 0.3 is 0 Å². The monoisotopic (exact) mass is 239 g/mol. The summed E-state index contributed by atoms with van der Waals surface area (Å²) in [7, 11) is 0. The van der Waals surface area contributed by atoms with Crippen LogP contribution in [0.5, 0.6) is 0 Å². The molecule has 0 saturated heterocycles. The van der Waals surface area contributed by atoms with Crippen molar-refractivity contribution in [1.82, 2.24) is 0 Å². The van der Waals surface area contributed by atoms with E-state index in [-0.39, 0.29) is 18.9 Å². The first-order valence-corrected chi connectivity index (χ1v) is 5.88. The Morgan fingerprint density at radius 1 is 1.35 bits per heavy atom. The molecule has 94 valence electrons. The second-order valence-corrected chi connectivity index (χ2v) is 4.53. The van der Waals surface area contributed by atoms with E-state index < -0.39 is 18.3 Å². The quantitative estimate of drug-likeness (QED) is 0.831. The molecule has 4 atom stereocenters. The molecule has 0 amide bonds. The molecular weight excluding hydrogens is 221 g/mol. The highest BCUT2D eigenvalue weighted by Crippen LogP contribution is 2.30. The molecule has 0 bridgehead atoms. The fourth-order valence-electron chi connectivity index (χ4n) is 2.27. The Hall–Kier alpha value is -0.970. The van der Waals surface area contributed by atoms with Gasteiger partial charge in [-0.25, -0.2) is 4.39 Å². The number of aliphatic hydroxyl groups is 1. The van der Waals surface area contributed by atoms with Crippen molar-refractivity contribution in [3.63, 3.8) is 0 Å². The number of aliphatic hydroxyl groups excluding tert-OH is 1. The lowest BCUT2D eigenvalue weighted by molar-refractivity contribution is -0.00688. The molecule has 1 aromatic rings. The van der Waals surface area contributed by atoms with E-state index in [4.69, 9.17) is 15.6 Å². The van der Waals surface area contributed by atoms with Crippen molar-refractivity contribution >= 4 is 0 Å². The molecule has 1 aliphatic rings. The Bertz CT molecular complexity index is 347. The number of nitrogens with two attached hydrogens (primary N) is 1. The molecule has 0 heterocycles. The van der Waals surface area contributed by atoms with Crippen molar-refractivity contribution in [3.05, 3.63) is 35.9 Å². The van der Waals surface area contributed by atoms with Gasteiger partial charge < -0.3 is 15.6 Å². The minimum absolute atomic E-state index is 0.0766. The Morgan fingerprint density at radius 2 is 2.06 bits per heavy atom. The maximum atomic E-state index is 13.7. The number of ether oxygens (including phenoxy) is 1. The summed E-state index contributed by atoms with van der Waals surface area (Å²) < 4.78 is 19.2. The molecule has 3 nitrogen and oxygen atoms in total. The van der Waals surface area contributed by atoms with Gasteiger partial charge in [0, 0.05) is 18.6 Å². The van der Waals surface area contributed by atoms with Crippen molar-refractivity contribution in [2.45, 2.75) is 31.3 Å². The zero-order chi connectivity index (χ0) is 12.3. The summed E-state index contributed by atoms with van der Waals surface area (Å²) >= 11 is 0. The van der Waals surface area contributed by atoms with Crippen LogP contribution in [0.2, 0.25) is 0 Å². The van der Waals surface area contributed by atoms with Crippen LogP contribution in [0.3, 0.4) is 0 Å². The third-order valence-electron chi connectivity index (χ3n) is 3.33. The standard InChI is InChI=1S/C13H18FNO2/c14-11-6-10(7-16)12(15)13(11)17-8-9-4-2-1-3-5-9/h1-5,10-13,16H,6-8,15H2/t10-,11+,12+,13+/m1/s1. The number of hydrogen-bond acceptors (Lipinski definition) is 3. The molecule has 4 heteroatoms. The van der Waals surface area contributed by atoms with Crippen LogP contribution >= 0.6 is 0 Å². The third-order valence-corrected chi connectivity index (χ3v) is 3.33. The van der Waals surface area contributed by atoms with Gasteiger partial charge in [0.1, 0.15) is 12.3 Å². The maximum Gasteiger partial charge on any atom is 0.128 e. The normalized spacial score (nSPS) is 32.9. The largest absolute Gasteiger partial charge is 0.396 e. The SMILES string of the molecule is N[C@H]1[C@@H](CO)C[C@H](F)[C@@H]1OCc1ccccc1. The fourth-order valence-corrected chi connectivity index (χ4v) is 2.27. The van der Waals surface area contributed by atoms with Gasteiger partial charge in [-0.05, 0) is 12.0 Å². The minimum Gasteiger partial charge on any atom is -0.396 e. The highest BCUT2D eigenvalue weighted by Gasteiger charge is 2.42. The Balaban J connectivity index is 1.91. The predicted molar refractivity (Wildman–Crippen MR) is 63.1 cm³/mol. The molecule has 2 rings (SSSR count). The molecule has 1 aromatic carbocycles. The van der Waals surface area contributed by atoms with Gasteiger partial charge in [-0.15, -0.1) is 0 Å². The van der Waals surface area contributed by atoms with Crippen molar-refractivity contribution in [2.75, 3.05) is 6.61 Å². The third kappa shape index (κ3) is 2.83. The van der Waals surface area contributed by atoms with Gasteiger partial charge in [0.15, 0.2) is 0 Å². The van der Waals surface area contributed by atoms with Gasteiger partial charge in [-0.2, -0.15) is 0 Å². The van der Waals surface area contributed by atoms with Crippen molar-refractivity contribution in [3.8, 4) is 0 Å². The van der Waals surface area contributed by atoms with Gasteiger partial charge in [-0.1, -0.05) is 30.3 Å². The molecule has 0 spiro atoms. The molecular formula is C13H18FNO2. The molecule has 1 saturated carbocycles. The Kier molecular flexibility index (Phi) is 4.10. The molecule has 0 aliphatic heterocycles. The van der Waals surface area contributed by atoms with E-state index in [0.29, 0.717) is 6.61 Å². The topological polar surface area (TPSA) is 55.5 Å². The van der Waals surface area contributed by atoms with Gasteiger partial charge in [0.05, 0.1) is 6.61 Å². The van der Waals surface area contributed by atoms with Crippen LogP contribution in [0.15, 0.2) is 30.3 Å². The summed E-state index contributed by atoms with van der Waals surface area (Å²) in [6, 6.07) is 9.19. The van der Waals surface area contributed by atoms with E-state index in [0.717, 1.165) is 5.56 Å². The summed E-state index contributed by atoms with van der Waals surface area (Å²) in [5.41, 5.74) is 6.86. The van der Waals surface area contributed by atoms with Crippen LogP contribution in [0.1, 0.15) is 12.0 Å². The fraction of sp³-hybridized carbons (Fsp3) is 0.538.